The summed E-state index contributed by atoms with van der Waals surface area (Å²) in [5.41, 5.74) is 2.53. The van der Waals surface area contributed by atoms with Gasteiger partial charge in [-0.25, -0.2) is 0 Å². The largest absolute Gasteiger partial charge is 0.484 e. The van der Waals surface area contributed by atoms with Crippen molar-refractivity contribution in [3.63, 3.8) is 0 Å². The summed E-state index contributed by atoms with van der Waals surface area (Å²) in [7, 11) is 0. The van der Waals surface area contributed by atoms with Gasteiger partial charge in [0.2, 0.25) is 0 Å². The van der Waals surface area contributed by atoms with Crippen LogP contribution in [0.1, 0.15) is 24.2 Å². The van der Waals surface area contributed by atoms with Crippen molar-refractivity contribution in [3.8, 4) is 5.75 Å². The molecule has 3 rings (SSSR count). The first kappa shape index (κ1) is 12.2. The summed E-state index contributed by atoms with van der Waals surface area (Å²) in [6.45, 7) is 5.15. The lowest BCUT2D eigenvalue weighted by Gasteiger charge is -2.22. The van der Waals surface area contributed by atoms with Crippen LogP contribution in [-0.2, 0) is 6.54 Å². The van der Waals surface area contributed by atoms with Gasteiger partial charge in [0.05, 0.1) is 0 Å². The van der Waals surface area contributed by atoms with Gasteiger partial charge in [0.25, 0.3) is 0 Å². The molecule has 2 nitrogen and oxygen atoms in total. The molecular weight excluding hydrogens is 234 g/mol. The lowest BCUT2D eigenvalue weighted by molar-refractivity contribution is 0.152. The molecule has 0 spiro atoms. The van der Waals surface area contributed by atoms with Crippen LogP contribution in [0.2, 0.25) is 0 Å². The SMILES string of the molecule is CCN1Cc2ccccc2O[C@H](c2ccccc2)C1. The predicted octanol–water partition coefficient (Wildman–Crippen LogP) is 3.64. The number of nitrogens with zero attached hydrogens (tertiary/aromatic N) is 1. The predicted molar refractivity (Wildman–Crippen MR) is 77.2 cm³/mol. The molecule has 1 aliphatic heterocycles. The van der Waals surface area contributed by atoms with Crippen molar-refractivity contribution in [2.45, 2.75) is 19.6 Å². The van der Waals surface area contributed by atoms with E-state index in [1.807, 2.05) is 12.1 Å². The zero-order valence-corrected chi connectivity index (χ0v) is 11.3. The molecule has 1 heterocycles. The summed E-state index contributed by atoms with van der Waals surface area (Å²) >= 11 is 0. The molecule has 19 heavy (non-hydrogen) atoms. The Morgan fingerprint density at radius 2 is 1.79 bits per heavy atom. The molecule has 0 amide bonds. The number of fused-ring (bicyclic) bond motifs is 1. The standard InChI is InChI=1S/C17H19NO/c1-2-18-12-15-10-6-7-11-16(15)19-17(13-18)14-8-4-3-5-9-14/h3-11,17H,2,12-13H2,1H3/t17-/m0/s1. The Kier molecular flexibility index (Phi) is 3.51. The molecule has 0 radical (unpaired) electrons. The van der Waals surface area contributed by atoms with Gasteiger partial charge < -0.3 is 4.74 Å². The molecule has 2 aromatic carbocycles. The molecule has 0 aromatic heterocycles. The van der Waals surface area contributed by atoms with E-state index in [-0.39, 0.29) is 6.10 Å². The van der Waals surface area contributed by atoms with Gasteiger partial charge >= 0.3 is 0 Å². The van der Waals surface area contributed by atoms with Crippen LogP contribution in [-0.4, -0.2) is 18.0 Å². The molecule has 0 unspecified atom stereocenters. The summed E-state index contributed by atoms with van der Waals surface area (Å²) in [5, 5.41) is 0. The van der Waals surface area contributed by atoms with Gasteiger partial charge in [-0.1, -0.05) is 55.5 Å². The molecule has 98 valence electrons. The second-order valence-electron chi connectivity index (χ2n) is 4.95. The maximum Gasteiger partial charge on any atom is 0.136 e. The number of hydrogen-bond acceptors (Lipinski definition) is 2. The van der Waals surface area contributed by atoms with Crippen LogP contribution in [0.5, 0.6) is 5.75 Å². The Balaban J connectivity index is 1.95. The molecule has 0 saturated heterocycles. The zero-order chi connectivity index (χ0) is 13.1. The van der Waals surface area contributed by atoms with Gasteiger partial charge in [-0.3, -0.25) is 4.90 Å². The van der Waals surface area contributed by atoms with Crippen LogP contribution in [0.15, 0.2) is 54.6 Å². The molecule has 2 aromatic rings. The van der Waals surface area contributed by atoms with Crippen molar-refractivity contribution in [1.82, 2.24) is 4.90 Å². The molecular formula is C17H19NO. The van der Waals surface area contributed by atoms with Gasteiger partial charge in [-0.05, 0) is 18.2 Å². The minimum Gasteiger partial charge on any atom is -0.484 e. The summed E-state index contributed by atoms with van der Waals surface area (Å²) in [6.07, 6.45) is 0.116. The van der Waals surface area contributed by atoms with Crippen molar-refractivity contribution < 1.29 is 4.74 Å². The van der Waals surface area contributed by atoms with Crippen molar-refractivity contribution in [2.24, 2.45) is 0 Å². The van der Waals surface area contributed by atoms with E-state index in [0.717, 1.165) is 25.4 Å². The van der Waals surface area contributed by atoms with Crippen LogP contribution in [0.3, 0.4) is 0 Å². The highest BCUT2D eigenvalue weighted by Gasteiger charge is 2.22. The van der Waals surface area contributed by atoms with Crippen LogP contribution in [0, 0.1) is 0 Å². The summed E-state index contributed by atoms with van der Waals surface area (Å²) in [4.78, 5) is 2.43. The van der Waals surface area contributed by atoms with Crippen LogP contribution in [0.4, 0.5) is 0 Å². The van der Waals surface area contributed by atoms with E-state index in [0.29, 0.717) is 0 Å². The van der Waals surface area contributed by atoms with Gasteiger partial charge in [-0.2, -0.15) is 0 Å². The highest BCUT2D eigenvalue weighted by molar-refractivity contribution is 5.35. The molecule has 1 aliphatic rings. The molecule has 0 saturated carbocycles. The average molecular weight is 253 g/mol. The van der Waals surface area contributed by atoms with E-state index in [1.165, 1.54) is 11.1 Å². The zero-order valence-electron chi connectivity index (χ0n) is 11.3. The normalized spacial score (nSPS) is 19.3. The van der Waals surface area contributed by atoms with E-state index < -0.39 is 0 Å². The first-order valence-corrected chi connectivity index (χ1v) is 6.88. The maximum atomic E-state index is 6.23. The Hall–Kier alpha value is -1.80. The molecule has 2 heteroatoms. The summed E-state index contributed by atoms with van der Waals surface area (Å²) in [5.74, 6) is 1.02. The smallest absolute Gasteiger partial charge is 0.136 e. The van der Waals surface area contributed by atoms with E-state index in [1.54, 1.807) is 0 Å². The fraction of sp³-hybridized carbons (Fsp3) is 0.294. The van der Waals surface area contributed by atoms with Crippen LogP contribution in [0.25, 0.3) is 0 Å². The number of rotatable bonds is 2. The third kappa shape index (κ3) is 2.64. The van der Waals surface area contributed by atoms with Crippen molar-refractivity contribution in [3.05, 3.63) is 65.7 Å². The molecule has 0 fully saturated rings. The Bertz CT molecular complexity index is 538. The number of benzene rings is 2. The minimum absolute atomic E-state index is 0.116. The van der Waals surface area contributed by atoms with Gasteiger partial charge in [-0.15, -0.1) is 0 Å². The fourth-order valence-electron chi connectivity index (χ4n) is 2.56. The molecule has 0 N–H and O–H groups in total. The second-order valence-corrected chi connectivity index (χ2v) is 4.95. The molecule has 1 atom stereocenters. The monoisotopic (exact) mass is 253 g/mol. The van der Waals surface area contributed by atoms with Crippen molar-refractivity contribution in [1.29, 1.82) is 0 Å². The Morgan fingerprint density at radius 1 is 1.05 bits per heavy atom. The van der Waals surface area contributed by atoms with Crippen LogP contribution < -0.4 is 4.74 Å². The van der Waals surface area contributed by atoms with Crippen molar-refractivity contribution >= 4 is 0 Å². The van der Waals surface area contributed by atoms with E-state index >= 15 is 0 Å². The third-order valence-electron chi connectivity index (χ3n) is 3.68. The first-order valence-electron chi connectivity index (χ1n) is 6.88. The van der Waals surface area contributed by atoms with Crippen LogP contribution >= 0.6 is 0 Å². The first-order chi connectivity index (χ1) is 9.36. The quantitative estimate of drug-likeness (QED) is 0.810. The molecule has 0 bridgehead atoms. The van der Waals surface area contributed by atoms with Crippen molar-refractivity contribution in [2.75, 3.05) is 13.1 Å². The Morgan fingerprint density at radius 3 is 2.58 bits per heavy atom. The lowest BCUT2D eigenvalue weighted by Crippen LogP contribution is -2.27. The third-order valence-corrected chi connectivity index (χ3v) is 3.68. The maximum absolute atomic E-state index is 6.23. The minimum atomic E-state index is 0.116. The van der Waals surface area contributed by atoms with E-state index in [9.17, 15) is 0 Å². The van der Waals surface area contributed by atoms with Gasteiger partial charge in [0, 0.05) is 18.7 Å². The molecule has 0 aliphatic carbocycles. The second kappa shape index (κ2) is 5.45. The highest BCUT2D eigenvalue weighted by Crippen LogP contribution is 2.30. The topological polar surface area (TPSA) is 12.5 Å². The number of ether oxygens (including phenoxy) is 1. The lowest BCUT2D eigenvalue weighted by atomic mass is 10.1. The summed E-state index contributed by atoms with van der Waals surface area (Å²) in [6, 6.07) is 18.8. The number of hydrogen-bond donors (Lipinski definition) is 0. The number of para-hydroxylation sites is 1. The fourth-order valence-corrected chi connectivity index (χ4v) is 2.56. The van der Waals surface area contributed by atoms with E-state index in [2.05, 4.69) is 54.3 Å². The Labute approximate surface area is 114 Å². The average Bonchev–Trinajstić information content (AvgIpc) is 2.67. The van der Waals surface area contributed by atoms with E-state index in [4.69, 9.17) is 4.74 Å². The summed E-state index contributed by atoms with van der Waals surface area (Å²) < 4.78 is 6.23. The number of likely N-dealkylation sites (N-methyl/N-ethyl adjacent to an activating group) is 1. The van der Waals surface area contributed by atoms with Gasteiger partial charge in [0.15, 0.2) is 0 Å². The van der Waals surface area contributed by atoms with Gasteiger partial charge in [0.1, 0.15) is 11.9 Å². The highest BCUT2D eigenvalue weighted by atomic mass is 16.5.